The zero-order chi connectivity index (χ0) is 24.5. The predicted molar refractivity (Wildman–Crippen MR) is 128 cm³/mol. The molecular formula is C24H22N6O5. The lowest BCUT2D eigenvalue weighted by Gasteiger charge is -2.09. The molecule has 3 aromatic heterocycles. The molecule has 2 aromatic carbocycles. The van der Waals surface area contributed by atoms with Crippen molar-refractivity contribution in [2.45, 2.75) is 6.54 Å². The van der Waals surface area contributed by atoms with E-state index in [2.05, 4.69) is 15.5 Å². The Kier molecular flexibility index (Phi) is 5.57. The van der Waals surface area contributed by atoms with Crippen LogP contribution in [-0.2, 0) is 11.3 Å². The Hall–Kier alpha value is -4.80. The summed E-state index contributed by atoms with van der Waals surface area (Å²) in [5.74, 6) is 1.38. The number of nitrogens with one attached hydrogen (secondary N) is 1. The molecule has 35 heavy (non-hydrogen) atoms. The summed E-state index contributed by atoms with van der Waals surface area (Å²) in [6.07, 6.45) is 3.25. The van der Waals surface area contributed by atoms with Gasteiger partial charge in [-0.2, -0.15) is 5.10 Å². The molecule has 0 aliphatic rings. The maximum absolute atomic E-state index is 12.9. The predicted octanol–water partition coefficient (Wildman–Crippen LogP) is 2.48. The molecule has 0 bridgehead atoms. The number of benzene rings is 2. The third-order valence-corrected chi connectivity index (χ3v) is 5.51. The van der Waals surface area contributed by atoms with Gasteiger partial charge in [0.25, 0.3) is 0 Å². The summed E-state index contributed by atoms with van der Waals surface area (Å²) in [5.41, 5.74) is 2.67. The molecule has 0 aliphatic carbocycles. The van der Waals surface area contributed by atoms with Crippen molar-refractivity contribution >= 4 is 22.8 Å². The summed E-state index contributed by atoms with van der Waals surface area (Å²) >= 11 is 0. The number of fused-ring (bicyclic) bond motifs is 3. The number of hydrogen-bond acceptors (Lipinski definition) is 7. The molecule has 0 saturated carbocycles. The minimum Gasteiger partial charge on any atom is -0.497 e. The standard InChI is InChI=1S/C24H22N6O5/c1-33-17-6-4-15(5-7-17)20-13-21-23-27-30(24(32)28(23)8-9-29(21)26-20)14-22(31)25-16-10-18(34-2)12-19(11-16)35-3/h4-13H,14H2,1-3H3,(H,25,31). The minimum atomic E-state index is -0.437. The summed E-state index contributed by atoms with van der Waals surface area (Å²) in [7, 11) is 4.65. The molecule has 0 fully saturated rings. The normalized spacial score (nSPS) is 11.1. The number of hydrogen-bond donors (Lipinski definition) is 1. The van der Waals surface area contributed by atoms with Crippen LogP contribution in [0.3, 0.4) is 0 Å². The van der Waals surface area contributed by atoms with E-state index >= 15 is 0 Å². The van der Waals surface area contributed by atoms with Gasteiger partial charge in [0.1, 0.15) is 29.3 Å². The van der Waals surface area contributed by atoms with E-state index in [1.807, 2.05) is 30.3 Å². The monoisotopic (exact) mass is 474 g/mol. The number of ether oxygens (including phenoxy) is 3. The lowest BCUT2D eigenvalue weighted by atomic mass is 10.1. The van der Waals surface area contributed by atoms with E-state index in [0.717, 1.165) is 16.0 Å². The number of nitrogens with zero attached hydrogens (tertiary/aromatic N) is 5. The molecule has 3 heterocycles. The van der Waals surface area contributed by atoms with Crippen molar-refractivity contribution < 1.29 is 19.0 Å². The van der Waals surface area contributed by atoms with Gasteiger partial charge in [-0.1, -0.05) is 0 Å². The van der Waals surface area contributed by atoms with Crippen LogP contribution in [0.5, 0.6) is 17.2 Å². The first-order chi connectivity index (χ1) is 17.0. The Labute approximate surface area is 199 Å². The van der Waals surface area contributed by atoms with Gasteiger partial charge in [-0.3, -0.25) is 4.79 Å². The topological polar surface area (TPSA) is 113 Å². The van der Waals surface area contributed by atoms with Crippen LogP contribution in [0.15, 0.2) is 65.7 Å². The maximum Gasteiger partial charge on any atom is 0.350 e. The van der Waals surface area contributed by atoms with Gasteiger partial charge in [0.05, 0.1) is 27.0 Å². The summed E-state index contributed by atoms with van der Waals surface area (Å²) in [6.45, 7) is -0.272. The van der Waals surface area contributed by atoms with Gasteiger partial charge in [0.15, 0.2) is 5.65 Å². The molecule has 178 valence electrons. The number of carbonyl (C=O) groups is 1. The van der Waals surface area contributed by atoms with Crippen LogP contribution in [0.25, 0.3) is 22.4 Å². The zero-order valence-electron chi connectivity index (χ0n) is 19.3. The van der Waals surface area contributed by atoms with Crippen LogP contribution < -0.4 is 25.2 Å². The first kappa shape index (κ1) is 22.0. The van der Waals surface area contributed by atoms with Crippen molar-refractivity contribution in [2.75, 3.05) is 26.6 Å². The highest BCUT2D eigenvalue weighted by atomic mass is 16.5. The van der Waals surface area contributed by atoms with Crippen molar-refractivity contribution in [3.63, 3.8) is 0 Å². The van der Waals surface area contributed by atoms with E-state index in [0.29, 0.717) is 34.0 Å². The van der Waals surface area contributed by atoms with Gasteiger partial charge >= 0.3 is 5.69 Å². The lowest BCUT2D eigenvalue weighted by molar-refractivity contribution is -0.117. The van der Waals surface area contributed by atoms with Gasteiger partial charge < -0.3 is 19.5 Å². The Morgan fingerprint density at radius 2 is 1.57 bits per heavy atom. The third-order valence-electron chi connectivity index (χ3n) is 5.51. The SMILES string of the molecule is COc1ccc(-c2cc3c4nn(CC(=O)Nc5cc(OC)cc(OC)c5)c(=O)n4ccn3n2)cc1. The first-order valence-electron chi connectivity index (χ1n) is 10.6. The van der Waals surface area contributed by atoms with Gasteiger partial charge in [-0.05, 0) is 30.3 Å². The van der Waals surface area contributed by atoms with Crippen LogP contribution in [0.4, 0.5) is 5.69 Å². The molecule has 0 spiro atoms. The largest absolute Gasteiger partial charge is 0.497 e. The number of aromatic nitrogens is 5. The number of amides is 1. The second-order valence-corrected chi connectivity index (χ2v) is 7.67. The molecule has 11 nitrogen and oxygen atoms in total. The Bertz CT molecular complexity index is 1580. The number of anilines is 1. The molecule has 0 atom stereocenters. The quantitative estimate of drug-likeness (QED) is 0.386. The van der Waals surface area contributed by atoms with Crippen molar-refractivity contribution in [1.29, 1.82) is 0 Å². The summed E-state index contributed by atoms with van der Waals surface area (Å²) < 4.78 is 19.8. The molecule has 5 aromatic rings. The van der Waals surface area contributed by atoms with Gasteiger partial charge in [-0.15, -0.1) is 5.10 Å². The number of carbonyl (C=O) groups excluding carboxylic acids is 1. The minimum absolute atomic E-state index is 0.272. The van der Waals surface area contributed by atoms with Crippen molar-refractivity contribution in [3.05, 3.63) is 71.4 Å². The Balaban J connectivity index is 1.44. The van der Waals surface area contributed by atoms with Crippen molar-refractivity contribution in [1.82, 2.24) is 23.8 Å². The van der Waals surface area contributed by atoms with Crippen LogP contribution in [0.2, 0.25) is 0 Å². The zero-order valence-corrected chi connectivity index (χ0v) is 19.3. The average molecular weight is 474 g/mol. The van der Waals surface area contributed by atoms with E-state index in [-0.39, 0.29) is 6.54 Å². The Morgan fingerprint density at radius 3 is 2.23 bits per heavy atom. The second kappa shape index (κ2) is 8.86. The molecule has 5 rings (SSSR count). The first-order valence-corrected chi connectivity index (χ1v) is 10.6. The smallest absolute Gasteiger partial charge is 0.350 e. The fourth-order valence-electron chi connectivity index (χ4n) is 3.76. The molecular weight excluding hydrogens is 452 g/mol. The highest BCUT2D eigenvalue weighted by Crippen LogP contribution is 2.26. The van der Waals surface area contributed by atoms with E-state index in [4.69, 9.17) is 14.2 Å². The van der Waals surface area contributed by atoms with Crippen LogP contribution in [0.1, 0.15) is 0 Å². The molecule has 0 saturated heterocycles. The average Bonchev–Trinajstić information content (AvgIpc) is 3.45. The second-order valence-electron chi connectivity index (χ2n) is 7.67. The van der Waals surface area contributed by atoms with E-state index in [9.17, 15) is 9.59 Å². The van der Waals surface area contributed by atoms with E-state index in [1.165, 1.54) is 18.6 Å². The lowest BCUT2D eigenvalue weighted by Crippen LogP contribution is -2.28. The third kappa shape index (κ3) is 4.14. The van der Waals surface area contributed by atoms with E-state index in [1.54, 1.807) is 42.2 Å². The van der Waals surface area contributed by atoms with Crippen LogP contribution in [-0.4, -0.2) is 51.0 Å². The van der Waals surface area contributed by atoms with E-state index < -0.39 is 11.6 Å². The number of methoxy groups -OCH3 is 3. The van der Waals surface area contributed by atoms with Gasteiger partial charge in [0, 0.05) is 41.8 Å². The summed E-state index contributed by atoms with van der Waals surface area (Å²) in [5, 5.41) is 11.7. The highest BCUT2D eigenvalue weighted by molar-refractivity contribution is 5.91. The fourth-order valence-corrected chi connectivity index (χ4v) is 3.76. The van der Waals surface area contributed by atoms with Crippen LogP contribution >= 0.6 is 0 Å². The molecule has 11 heteroatoms. The number of rotatable bonds is 7. The van der Waals surface area contributed by atoms with Crippen molar-refractivity contribution in [2.24, 2.45) is 0 Å². The molecule has 0 aliphatic heterocycles. The summed E-state index contributed by atoms with van der Waals surface area (Å²) in [4.78, 5) is 25.6. The van der Waals surface area contributed by atoms with Gasteiger partial charge in [0.2, 0.25) is 5.91 Å². The van der Waals surface area contributed by atoms with Crippen molar-refractivity contribution in [3.8, 4) is 28.5 Å². The molecule has 0 radical (unpaired) electrons. The Morgan fingerprint density at radius 1 is 0.886 bits per heavy atom. The molecule has 0 unspecified atom stereocenters. The molecule has 1 amide bonds. The summed E-state index contributed by atoms with van der Waals surface area (Å²) in [6, 6.07) is 14.4. The van der Waals surface area contributed by atoms with Gasteiger partial charge in [-0.25, -0.2) is 18.4 Å². The molecule has 1 N–H and O–H groups in total. The fraction of sp³-hybridized carbons (Fsp3) is 0.167. The maximum atomic E-state index is 12.9. The van der Waals surface area contributed by atoms with Crippen LogP contribution in [0, 0.1) is 0 Å². The highest BCUT2D eigenvalue weighted by Gasteiger charge is 2.16.